The number of hydrogen-bond donors (Lipinski definition) is 0. The first-order chi connectivity index (χ1) is 9.67. The second-order valence-corrected chi connectivity index (χ2v) is 5.65. The Hall–Kier alpha value is -0.940. The first-order valence-electron chi connectivity index (χ1n) is 7.15. The van der Waals surface area contributed by atoms with Crippen molar-refractivity contribution in [1.29, 1.82) is 0 Å². The van der Waals surface area contributed by atoms with E-state index in [2.05, 4.69) is 12.1 Å². The Labute approximate surface area is 120 Å². The molecule has 2 fully saturated rings. The third kappa shape index (κ3) is 2.17. The molecule has 4 heteroatoms. The van der Waals surface area contributed by atoms with Crippen molar-refractivity contribution in [2.45, 2.75) is 50.5 Å². The van der Waals surface area contributed by atoms with Gasteiger partial charge in [0.05, 0.1) is 25.4 Å². The van der Waals surface area contributed by atoms with Crippen LogP contribution in [0, 0.1) is 0 Å². The molecule has 2 aliphatic rings. The van der Waals surface area contributed by atoms with Gasteiger partial charge in [-0.1, -0.05) is 30.3 Å². The van der Waals surface area contributed by atoms with Crippen molar-refractivity contribution >= 4 is 0 Å². The van der Waals surface area contributed by atoms with Crippen LogP contribution in [0.15, 0.2) is 30.3 Å². The topological polar surface area (TPSA) is 36.9 Å². The van der Waals surface area contributed by atoms with E-state index >= 15 is 0 Å². The Bertz CT molecular complexity index is 449. The lowest BCUT2D eigenvalue weighted by Crippen LogP contribution is -2.51. The van der Waals surface area contributed by atoms with E-state index in [9.17, 15) is 0 Å². The maximum atomic E-state index is 6.14. The molecule has 20 heavy (non-hydrogen) atoms. The fraction of sp³-hybridized carbons (Fsp3) is 0.625. The van der Waals surface area contributed by atoms with Crippen LogP contribution >= 0.6 is 0 Å². The first kappa shape index (κ1) is 14.0. The Morgan fingerprint density at radius 1 is 1.35 bits per heavy atom. The second-order valence-electron chi connectivity index (χ2n) is 5.65. The van der Waals surface area contributed by atoms with Gasteiger partial charge in [0.25, 0.3) is 0 Å². The maximum absolute atomic E-state index is 6.14. The Morgan fingerprint density at radius 2 is 2.10 bits per heavy atom. The van der Waals surface area contributed by atoms with Gasteiger partial charge < -0.3 is 18.9 Å². The summed E-state index contributed by atoms with van der Waals surface area (Å²) in [6.07, 6.45) is -0.0932. The zero-order chi connectivity index (χ0) is 14.2. The smallest absolute Gasteiger partial charge is 0.146 e. The summed E-state index contributed by atoms with van der Waals surface area (Å²) in [5, 5.41) is 0. The fourth-order valence-corrected chi connectivity index (χ4v) is 3.21. The zero-order valence-corrected chi connectivity index (χ0v) is 12.2. The molecule has 2 bridgehead atoms. The molecule has 110 valence electrons. The molecule has 1 unspecified atom stereocenters. The van der Waals surface area contributed by atoms with Gasteiger partial charge in [0, 0.05) is 7.11 Å². The van der Waals surface area contributed by atoms with E-state index in [1.807, 2.05) is 32.0 Å². The van der Waals surface area contributed by atoms with Crippen molar-refractivity contribution < 1.29 is 18.9 Å². The average molecular weight is 278 g/mol. The van der Waals surface area contributed by atoms with Gasteiger partial charge in [-0.2, -0.15) is 0 Å². The number of ether oxygens (including phenoxy) is 4. The summed E-state index contributed by atoms with van der Waals surface area (Å²) in [5.41, 5.74) is 0.680. The van der Waals surface area contributed by atoms with Crippen LogP contribution in [-0.4, -0.2) is 43.7 Å². The number of methoxy groups -OCH3 is 1. The minimum Gasteiger partial charge on any atom is -0.379 e. The highest BCUT2D eigenvalue weighted by Crippen LogP contribution is 2.44. The molecule has 1 aromatic carbocycles. The number of hydrogen-bond acceptors (Lipinski definition) is 4. The third-order valence-corrected chi connectivity index (χ3v) is 4.46. The summed E-state index contributed by atoms with van der Waals surface area (Å²) in [7, 11) is 1.70. The fourth-order valence-electron chi connectivity index (χ4n) is 3.21. The van der Waals surface area contributed by atoms with Gasteiger partial charge in [0.1, 0.15) is 17.8 Å². The summed E-state index contributed by atoms with van der Waals surface area (Å²) >= 11 is 0. The average Bonchev–Trinajstić information content (AvgIpc) is 2.97. The van der Waals surface area contributed by atoms with Gasteiger partial charge in [-0.3, -0.25) is 0 Å². The molecular weight excluding hydrogens is 256 g/mol. The predicted octanol–water partition coefficient (Wildman–Crippen LogP) is 2.16. The molecule has 0 aromatic heterocycles. The van der Waals surface area contributed by atoms with Gasteiger partial charge >= 0.3 is 0 Å². The Balaban J connectivity index is 1.74. The van der Waals surface area contributed by atoms with Crippen LogP contribution in [0.2, 0.25) is 0 Å². The molecule has 0 spiro atoms. The largest absolute Gasteiger partial charge is 0.379 e. The van der Waals surface area contributed by atoms with E-state index in [-0.39, 0.29) is 24.4 Å². The molecule has 3 rings (SSSR count). The van der Waals surface area contributed by atoms with E-state index in [4.69, 9.17) is 18.9 Å². The molecule has 1 aromatic rings. The second kappa shape index (κ2) is 5.45. The lowest BCUT2D eigenvalue weighted by atomic mass is 9.93. The van der Waals surface area contributed by atoms with Crippen LogP contribution in [-0.2, 0) is 25.6 Å². The maximum Gasteiger partial charge on any atom is 0.146 e. The standard InChI is InChI=1S/C16H22O4/c1-11-14-15(18-9-13-7-5-4-6-8-13)16(20-11,10-19-14)12(2)17-3/h4-8,11-12,14-15H,9-10H2,1-3H3/t11-,12?,14-,15-,16+/m0/s1. The van der Waals surface area contributed by atoms with Crippen LogP contribution in [0.1, 0.15) is 19.4 Å². The van der Waals surface area contributed by atoms with Gasteiger partial charge in [-0.05, 0) is 19.4 Å². The van der Waals surface area contributed by atoms with E-state index in [1.165, 1.54) is 0 Å². The lowest BCUT2D eigenvalue weighted by Gasteiger charge is -2.35. The minimum atomic E-state index is -0.479. The lowest BCUT2D eigenvalue weighted by molar-refractivity contribution is -0.189. The van der Waals surface area contributed by atoms with Crippen molar-refractivity contribution in [3.8, 4) is 0 Å². The SMILES string of the molecule is COC(C)[C@@]12CO[C@@H]([C@H](C)O1)[C@@H]2OCc1ccccc1. The molecule has 0 N–H and O–H groups in total. The van der Waals surface area contributed by atoms with E-state index in [1.54, 1.807) is 7.11 Å². The van der Waals surface area contributed by atoms with Crippen LogP contribution in [0.25, 0.3) is 0 Å². The van der Waals surface area contributed by atoms with Crippen LogP contribution in [0.5, 0.6) is 0 Å². The van der Waals surface area contributed by atoms with Gasteiger partial charge in [-0.25, -0.2) is 0 Å². The summed E-state index contributed by atoms with van der Waals surface area (Å²) in [4.78, 5) is 0. The normalized spacial score (nSPS) is 37.2. The zero-order valence-electron chi connectivity index (χ0n) is 12.2. The van der Waals surface area contributed by atoms with Crippen molar-refractivity contribution in [3.63, 3.8) is 0 Å². The molecule has 2 saturated heterocycles. The van der Waals surface area contributed by atoms with Gasteiger partial charge in [0.15, 0.2) is 0 Å². The summed E-state index contributed by atoms with van der Waals surface area (Å²) in [5.74, 6) is 0. The molecule has 0 radical (unpaired) electrons. The summed E-state index contributed by atoms with van der Waals surface area (Å²) in [6, 6.07) is 10.2. The van der Waals surface area contributed by atoms with Gasteiger partial charge in [-0.15, -0.1) is 0 Å². The predicted molar refractivity (Wildman–Crippen MR) is 74.5 cm³/mol. The van der Waals surface area contributed by atoms with E-state index < -0.39 is 5.60 Å². The van der Waals surface area contributed by atoms with E-state index in [0.717, 1.165) is 5.56 Å². The number of fused-ring (bicyclic) bond motifs is 2. The highest BCUT2D eigenvalue weighted by atomic mass is 16.7. The molecular formula is C16H22O4. The molecule has 0 saturated carbocycles. The molecule has 2 heterocycles. The van der Waals surface area contributed by atoms with E-state index in [0.29, 0.717) is 13.2 Å². The summed E-state index contributed by atoms with van der Waals surface area (Å²) in [6.45, 7) is 5.16. The highest BCUT2D eigenvalue weighted by molar-refractivity contribution is 5.15. The Kier molecular flexibility index (Phi) is 3.82. The van der Waals surface area contributed by atoms with Crippen molar-refractivity contribution in [2.75, 3.05) is 13.7 Å². The minimum absolute atomic E-state index is 0.00341. The first-order valence-corrected chi connectivity index (χ1v) is 7.15. The summed E-state index contributed by atoms with van der Waals surface area (Å²) < 4.78 is 23.6. The van der Waals surface area contributed by atoms with Crippen molar-refractivity contribution in [3.05, 3.63) is 35.9 Å². The van der Waals surface area contributed by atoms with Crippen molar-refractivity contribution in [2.24, 2.45) is 0 Å². The van der Waals surface area contributed by atoms with Gasteiger partial charge in [0.2, 0.25) is 0 Å². The molecule has 5 atom stereocenters. The quantitative estimate of drug-likeness (QED) is 0.827. The third-order valence-electron chi connectivity index (χ3n) is 4.46. The Morgan fingerprint density at radius 3 is 2.75 bits per heavy atom. The number of rotatable bonds is 5. The molecule has 4 nitrogen and oxygen atoms in total. The van der Waals surface area contributed by atoms with Crippen molar-refractivity contribution in [1.82, 2.24) is 0 Å². The number of benzene rings is 1. The molecule has 2 aliphatic heterocycles. The monoisotopic (exact) mass is 278 g/mol. The molecule has 0 amide bonds. The van der Waals surface area contributed by atoms with Crippen LogP contribution in [0.3, 0.4) is 0 Å². The van der Waals surface area contributed by atoms with Crippen LogP contribution < -0.4 is 0 Å². The highest BCUT2D eigenvalue weighted by Gasteiger charge is 2.63. The van der Waals surface area contributed by atoms with Crippen LogP contribution in [0.4, 0.5) is 0 Å². The molecule has 0 aliphatic carbocycles.